The molecule has 5 rings (SSSR count). The molecule has 3 atom stereocenters. The first kappa shape index (κ1) is 27.1. The Bertz CT molecular complexity index is 1370. The first-order valence-electron chi connectivity index (χ1n) is 12.4. The van der Waals surface area contributed by atoms with Crippen LogP contribution in [0.2, 0.25) is 0 Å². The van der Waals surface area contributed by atoms with Gasteiger partial charge in [-0.1, -0.05) is 0 Å². The van der Waals surface area contributed by atoms with Gasteiger partial charge in [0.15, 0.2) is 11.6 Å². The molecule has 4 heterocycles. The first-order valence-corrected chi connectivity index (χ1v) is 12.4. The van der Waals surface area contributed by atoms with Gasteiger partial charge in [-0.05, 0) is 45.4 Å². The van der Waals surface area contributed by atoms with Gasteiger partial charge in [-0.2, -0.15) is 13.9 Å². The summed E-state index contributed by atoms with van der Waals surface area (Å²) < 4.78 is 70.6. The number of alkyl halides is 2. The molecular formula is C25H29F4N7O3. The van der Waals surface area contributed by atoms with Crippen LogP contribution < -0.4 is 5.32 Å². The monoisotopic (exact) mass is 551 g/mol. The van der Waals surface area contributed by atoms with Crippen molar-refractivity contribution in [3.8, 4) is 11.6 Å². The van der Waals surface area contributed by atoms with E-state index in [-0.39, 0.29) is 49.4 Å². The van der Waals surface area contributed by atoms with E-state index in [1.165, 1.54) is 11.0 Å². The number of carbonyl (C=O) groups excluding carboxylic acids is 1. The van der Waals surface area contributed by atoms with Crippen molar-refractivity contribution >= 4 is 6.09 Å². The zero-order valence-electron chi connectivity index (χ0n) is 21.9. The Morgan fingerprint density at radius 1 is 1.21 bits per heavy atom. The standard InChI is InChI=1S/C25H29F4N7O3/c1-25(2,3)39-24(37)33-17-8-14(11-38-20(17)15-7-13(26)5-6-16(15)27)35-9-18-19(10-35)36(23(28)29)22(32-18)21-30-12-31-34(21)4/h5-7,12,14,17,20,23H,8-11H2,1-4H3,(H,33,37)/t14-,17+,20-/m1/s1. The van der Waals surface area contributed by atoms with Gasteiger partial charge in [0.1, 0.15) is 29.7 Å². The van der Waals surface area contributed by atoms with Crippen LogP contribution in [0.25, 0.3) is 11.6 Å². The maximum atomic E-state index is 14.7. The number of imidazole rings is 1. The van der Waals surface area contributed by atoms with Gasteiger partial charge in [0.25, 0.3) is 0 Å². The summed E-state index contributed by atoms with van der Waals surface area (Å²) in [5, 5.41) is 6.69. The second-order valence-electron chi connectivity index (χ2n) is 10.7. The summed E-state index contributed by atoms with van der Waals surface area (Å²) >= 11 is 0. The average molecular weight is 552 g/mol. The molecule has 1 saturated heterocycles. The van der Waals surface area contributed by atoms with Crippen LogP contribution in [-0.2, 0) is 29.6 Å². The second-order valence-corrected chi connectivity index (χ2v) is 10.7. The van der Waals surface area contributed by atoms with E-state index in [0.29, 0.717) is 11.4 Å². The molecule has 0 spiro atoms. The molecule has 1 aromatic carbocycles. The molecular weight excluding hydrogens is 522 g/mol. The molecule has 0 radical (unpaired) electrons. The molecule has 1 fully saturated rings. The summed E-state index contributed by atoms with van der Waals surface area (Å²) in [7, 11) is 1.60. The first-order chi connectivity index (χ1) is 18.4. The highest BCUT2D eigenvalue weighted by Gasteiger charge is 2.41. The SMILES string of the molecule is Cn1ncnc1-c1nc2c(n1C(F)F)CN([C@H]1CO[C@H](c3cc(F)ccc3F)[C@@H](NC(=O)OC(C)(C)C)C1)C2. The van der Waals surface area contributed by atoms with E-state index in [9.17, 15) is 22.4 Å². The third-order valence-electron chi connectivity index (χ3n) is 6.75. The topological polar surface area (TPSA) is 99.3 Å². The van der Waals surface area contributed by atoms with E-state index in [2.05, 4.69) is 20.4 Å². The fraction of sp³-hybridized carbons (Fsp3) is 0.520. The lowest BCUT2D eigenvalue weighted by atomic mass is 9.92. The van der Waals surface area contributed by atoms with Crippen LogP contribution in [0.4, 0.5) is 22.4 Å². The number of hydrogen-bond acceptors (Lipinski definition) is 7. The van der Waals surface area contributed by atoms with Crippen LogP contribution >= 0.6 is 0 Å². The summed E-state index contributed by atoms with van der Waals surface area (Å²) in [6.45, 7) is 2.78. The van der Waals surface area contributed by atoms with Gasteiger partial charge in [-0.15, -0.1) is 0 Å². The maximum absolute atomic E-state index is 14.7. The normalized spacial score (nSPS) is 21.8. The molecule has 3 aromatic rings. The molecule has 0 aliphatic carbocycles. The van der Waals surface area contributed by atoms with Gasteiger partial charge in [0.05, 0.1) is 24.0 Å². The van der Waals surface area contributed by atoms with E-state index in [1.807, 2.05) is 4.90 Å². The number of alkyl carbamates (subject to hydrolysis) is 1. The minimum atomic E-state index is -2.85. The molecule has 0 saturated carbocycles. The van der Waals surface area contributed by atoms with Crippen molar-refractivity contribution in [1.82, 2.24) is 34.5 Å². The number of fused-ring (bicyclic) bond motifs is 1. The number of nitrogens with one attached hydrogen (secondary N) is 1. The summed E-state index contributed by atoms with van der Waals surface area (Å²) in [5.41, 5.74) is 0.00896. The number of hydrogen-bond donors (Lipinski definition) is 1. The lowest BCUT2D eigenvalue weighted by molar-refractivity contribution is -0.0633. The number of benzene rings is 1. The van der Waals surface area contributed by atoms with Gasteiger partial charge in [-0.25, -0.2) is 28.2 Å². The zero-order chi connectivity index (χ0) is 28.1. The van der Waals surface area contributed by atoms with Gasteiger partial charge in [0.2, 0.25) is 0 Å². The summed E-state index contributed by atoms with van der Waals surface area (Å²) in [6, 6.07) is 1.93. The molecule has 2 aromatic heterocycles. The van der Waals surface area contributed by atoms with Gasteiger partial charge in [-0.3, -0.25) is 9.47 Å². The van der Waals surface area contributed by atoms with Crippen LogP contribution in [0.3, 0.4) is 0 Å². The minimum Gasteiger partial charge on any atom is -0.444 e. The second kappa shape index (κ2) is 10.2. The lowest BCUT2D eigenvalue weighted by Crippen LogP contribution is -2.52. The van der Waals surface area contributed by atoms with Crippen LogP contribution in [-0.4, -0.2) is 59.6 Å². The number of ether oxygens (including phenoxy) is 2. The number of carbonyl (C=O) groups is 1. The van der Waals surface area contributed by atoms with Crippen LogP contribution in [0, 0.1) is 11.6 Å². The van der Waals surface area contributed by atoms with E-state index in [0.717, 1.165) is 22.8 Å². The Labute approximate surface area is 221 Å². The Balaban J connectivity index is 1.38. The van der Waals surface area contributed by atoms with E-state index in [1.54, 1.807) is 27.8 Å². The molecule has 1 N–H and O–H groups in total. The Kier molecular flexibility index (Phi) is 7.10. The molecule has 10 nitrogen and oxygen atoms in total. The molecule has 0 bridgehead atoms. The quantitative estimate of drug-likeness (QED) is 0.477. The minimum absolute atomic E-state index is 0.0284. The molecule has 2 aliphatic heterocycles. The molecule has 1 amide bonds. The van der Waals surface area contributed by atoms with Crippen molar-refractivity contribution in [3.05, 3.63) is 53.1 Å². The Hall–Kier alpha value is -3.52. The van der Waals surface area contributed by atoms with Crippen molar-refractivity contribution in [2.45, 2.75) is 70.6 Å². The number of rotatable bonds is 5. The molecule has 2 aliphatic rings. The number of amides is 1. The van der Waals surface area contributed by atoms with E-state index >= 15 is 0 Å². The number of nitrogens with zero attached hydrogens (tertiary/aromatic N) is 6. The molecule has 0 unspecified atom stereocenters. The summed E-state index contributed by atoms with van der Waals surface area (Å²) in [4.78, 5) is 23.1. The maximum Gasteiger partial charge on any atom is 0.407 e. The fourth-order valence-corrected chi connectivity index (χ4v) is 5.08. The van der Waals surface area contributed by atoms with Gasteiger partial charge < -0.3 is 14.8 Å². The van der Waals surface area contributed by atoms with Crippen molar-refractivity contribution in [3.63, 3.8) is 0 Å². The lowest BCUT2D eigenvalue weighted by Gasteiger charge is -2.40. The smallest absolute Gasteiger partial charge is 0.407 e. The van der Waals surface area contributed by atoms with Gasteiger partial charge >= 0.3 is 12.6 Å². The third-order valence-corrected chi connectivity index (χ3v) is 6.75. The third kappa shape index (κ3) is 5.48. The highest BCUT2D eigenvalue weighted by molar-refractivity contribution is 5.68. The number of aromatic nitrogens is 5. The van der Waals surface area contributed by atoms with E-state index < -0.39 is 42.0 Å². The average Bonchev–Trinajstić information content (AvgIpc) is 3.53. The predicted molar refractivity (Wildman–Crippen MR) is 129 cm³/mol. The van der Waals surface area contributed by atoms with Crippen molar-refractivity contribution < 1.29 is 31.8 Å². The predicted octanol–water partition coefficient (Wildman–Crippen LogP) is 4.09. The van der Waals surface area contributed by atoms with Crippen LogP contribution in [0.15, 0.2) is 24.5 Å². The van der Waals surface area contributed by atoms with Crippen LogP contribution in [0.5, 0.6) is 0 Å². The highest BCUT2D eigenvalue weighted by atomic mass is 19.3. The van der Waals surface area contributed by atoms with Crippen molar-refractivity contribution in [1.29, 1.82) is 0 Å². The van der Waals surface area contributed by atoms with E-state index in [4.69, 9.17) is 9.47 Å². The summed E-state index contributed by atoms with van der Waals surface area (Å²) in [6.07, 6.45) is -0.173. The Morgan fingerprint density at radius 2 is 1.97 bits per heavy atom. The summed E-state index contributed by atoms with van der Waals surface area (Å²) in [5.74, 6) is -1.06. The van der Waals surface area contributed by atoms with Crippen molar-refractivity contribution in [2.24, 2.45) is 7.05 Å². The highest BCUT2D eigenvalue weighted by Crippen LogP contribution is 2.37. The van der Waals surface area contributed by atoms with Crippen molar-refractivity contribution in [2.75, 3.05) is 6.61 Å². The fourth-order valence-electron chi connectivity index (χ4n) is 5.08. The van der Waals surface area contributed by atoms with Gasteiger partial charge in [0, 0.05) is 31.7 Å². The van der Waals surface area contributed by atoms with Crippen LogP contribution in [0.1, 0.15) is 56.8 Å². The Morgan fingerprint density at radius 3 is 2.64 bits per heavy atom. The largest absolute Gasteiger partial charge is 0.444 e. The molecule has 39 heavy (non-hydrogen) atoms. The number of aryl methyl sites for hydroxylation is 1. The zero-order valence-corrected chi connectivity index (χ0v) is 21.9. The molecule has 14 heteroatoms. The molecule has 210 valence electrons. The number of halogens is 4.